The first kappa shape index (κ1) is 20.9. The van der Waals surface area contributed by atoms with Gasteiger partial charge >= 0.3 is 0 Å². The van der Waals surface area contributed by atoms with Gasteiger partial charge in [0.15, 0.2) is 5.65 Å². The molecule has 0 spiro atoms. The first-order valence-electron chi connectivity index (χ1n) is 13.0. The summed E-state index contributed by atoms with van der Waals surface area (Å²) in [6.45, 7) is 9.53. The third kappa shape index (κ3) is 3.01. The molecule has 3 aromatic heterocycles. The Balaban J connectivity index is 1.24. The molecule has 0 radical (unpaired) electrons. The smallest absolute Gasteiger partial charge is 0.182 e. The molecular formula is C27H34N6O. The van der Waals surface area contributed by atoms with Gasteiger partial charge in [-0.05, 0) is 70.1 Å². The summed E-state index contributed by atoms with van der Waals surface area (Å²) in [6, 6.07) is 0.590. The molecule has 34 heavy (non-hydrogen) atoms. The van der Waals surface area contributed by atoms with Gasteiger partial charge in [-0.2, -0.15) is 5.10 Å². The van der Waals surface area contributed by atoms with E-state index in [-0.39, 0.29) is 17.4 Å². The lowest BCUT2D eigenvalue weighted by atomic mass is 9.31. The molecule has 4 aliphatic carbocycles. The van der Waals surface area contributed by atoms with Crippen molar-refractivity contribution in [1.29, 1.82) is 0 Å². The van der Waals surface area contributed by atoms with Crippen LogP contribution in [0.1, 0.15) is 105 Å². The van der Waals surface area contributed by atoms with Gasteiger partial charge in [0.2, 0.25) is 0 Å². The van der Waals surface area contributed by atoms with E-state index in [0.29, 0.717) is 11.5 Å². The SMILES string of the molecule is Cc1nc2nc([C@@H]3CCO[C@@H](c4cnn(C5CC5)c4)C3)nc(C34CC(C(C)C)(C3)C4)c2nc1C. The Bertz CT molecular complexity index is 1270. The molecule has 1 aliphatic heterocycles. The average molecular weight is 459 g/mol. The van der Waals surface area contributed by atoms with Crippen LogP contribution in [0.4, 0.5) is 0 Å². The van der Waals surface area contributed by atoms with E-state index in [1.165, 1.54) is 37.7 Å². The van der Waals surface area contributed by atoms with E-state index in [9.17, 15) is 0 Å². The molecule has 0 amide bonds. The minimum Gasteiger partial charge on any atom is -0.373 e. The van der Waals surface area contributed by atoms with Crippen LogP contribution in [0.15, 0.2) is 12.4 Å². The second-order valence-corrected chi connectivity index (χ2v) is 11.9. The molecular weight excluding hydrogens is 424 g/mol. The number of fused-ring (bicyclic) bond motifs is 1. The van der Waals surface area contributed by atoms with Crippen LogP contribution in [0.5, 0.6) is 0 Å². The number of nitrogens with zero attached hydrogens (tertiary/aromatic N) is 6. The van der Waals surface area contributed by atoms with E-state index in [0.717, 1.165) is 59.4 Å². The van der Waals surface area contributed by atoms with E-state index in [2.05, 4.69) is 29.8 Å². The summed E-state index contributed by atoms with van der Waals surface area (Å²) in [5.74, 6) is 1.93. The molecule has 178 valence electrons. The minimum absolute atomic E-state index is 0.0546. The van der Waals surface area contributed by atoms with Gasteiger partial charge in [-0.15, -0.1) is 0 Å². The van der Waals surface area contributed by atoms with Crippen molar-refractivity contribution in [2.45, 2.75) is 96.1 Å². The number of rotatable bonds is 5. The molecule has 4 heterocycles. The molecule has 7 heteroatoms. The number of hydrogen-bond donors (Lipinski definition) is 0. The maximum Gasteiger partial charge on any atom is 0.182 e. The molecule has 1 saturated heterocycles. The molecule has 0 aromatic carbocycles. The molecule has 2 atom stereocenters. The number of aryl methyl sites for hydroxylation is 2. The molecule has 5 fully saturated rings. The third-order valence-corrected chi connectivity index (χ3v) is 9.32. The lowest BCUT2D eigenvalue weighted by Crippen LogP contribution is -2.67. The normalized spacial score (nSPS) is 32.6. The van der Waals surface area contributed by atoms with Gasteiger partial charge in [-0.3, -0.25) is 4.68 Å². The van der Waals surface area contributed by atoms with Crippen LogP contribution in [0.3, 0.4) is 0 Å². The van der Waals surface area contributed by atoms with Crippen LogP contribution in [-0.2, 0) is 10.2 Å². The van der Waals surface area contributed by atoms with E-state index in [1.807, 2.05) is 20.0 Å². The van der Waals surface area contributed by atoms with Crippen LogP contribution >= 0.6 is 0 Å². The molecule has 0 unspecified atom stereocenters. The summed E-state index contributed by atoms with van der Waals surface area (Å²) in [7, 11) is 0. The van der Waals surface area contributed by atoms with Gasteiger partial charge in [0.05, 0.1) is 35.4 Å². The molecule has 0 N–H and O–H groups in total. The lowest BCUT2D eigenvalue weighted by Gasteiger charge is -2.72. The third-order valence-electron chi connectivity index (χ3n) is 9.32. The molecule has 7 nitrogen and oxygen atoms in total. The average Bonchev–Trinajstić information content (AvgIpc) is 3.49. The van der Waals surface area contributed by atoms with Crippen LogP contribution in [0.2, 0.25) is 0 Å². The molecule has 4 saturated carbocycles. The zero-order valence-corrected chi connectivity index (χ0v) is 20.7. The number of ether oxygens (including phenoxy) is 1. The number of hydrogen-bond acceptors (Lipinski definition) is 6. The second kappa shape index (κ2) is 7.06. The monoisotopic (exact) mass is 458 g/mol. The van der Waals surface area contributed by atoms with Crippen molar-refractivity contribution < 1.29 is 4.74 Å². The first-order chi connectivity index (χ1) is 16.4. The highest BCUT2D eigenvalue weighted by atomic mass is 16.5. The van der Waals surface area contributed by atoms with Gasteiger partial charge in [0.1, 0.15) is 11.3 Å². The van der Waals surface area contributed by atoms with Crippen molar-refractivity contribution in [2.75, 3.05) is 6.61 Å². The van der Waals surface area contributed by atoms with Crippen LogP contribution in [-0.4, -0.2) is 36.3 Å². The predicted molar refractivity (Wildman–Crippen MR) is 129 cm³/mol. The standard InChI is InChI=1S/C27H34N6O/c1-15(2)26-12-27(13-26,14-26)23-22-25(30-17(4)16(3)29-22)32-24(31-23)18-7-8-34-21(9-18)19-10-28-33(11-19)20-5-6-20/h10-11,15,18,20-21H,5-9,12-14H2,1-4H3/t18-,21-,26?,27?/m1/s1. The summed E-state index contributed by atoms with van der Waals surface area (Å²) < 4.78 is 8.30. The zero-order chi connectivity index (χ0) is 23.2. The maximum atomic E-state index is 6.19. The largest absolute Gasteiger partial charge is 0.373 e. The first-order valence-corrected chi connectivity index (χ1v) is 13.0. The Morgan fingerprint density at radius 2 is 1.76 bits per heavy atom. The quantitative estimate of drug-likeness (QED) is 0.517. The van der Waals surface area contributed by atoms with Crippen LogP contribution in [0, 0.1) is 25.2 Å². The van der Waals surface area contributed by atoms with Gasteiger partial charge < -0.3 is 4.74 Å². The highest BCUT2D eigenvalue weighted by Gasteiger charge is 2.70. The van der Waals surface area contributed by atoms with Crippen LogP contribution in [0.25, 0.3) is 11.2 Å². The predicted octanol–water partition coefficient (Wildman–Crippen LogP) is 5.28. The van der Waals surface area contributed by atoms with Crippen molar-refractivity contribution in [3.63, 3.8) is 0 Å². The Labute approximate surface area is 200 Å². The molecule has 8 rings (SSSR count). The van der Waals surface area contributed by atoms with E-state index >= 15 is 0 Å². The van der Waals surface area contributed by atoms with Gasteiger partial charge in [-0.1, -0.05) is 13.8 Å². The van der Waals surface area contributed by atoms with Crippen molar-refractivity contribution in [1.82, 2.24) is 29.7 Å². The van der Waals surface area contributed by atoms with Crippen LogP contribution < -0.4 is 0 Å². The Morgan fingerprint density at radius 3 is 2.50 bits per heavy atom. The lowest BCUT2D eigenvalue weighted by molar-refractivity contribution is -0.174. The zero-order valence-electron chi connectivity index (χ0n) is 20.7. The van der Waals surface area contributed by atoms with Crippen molar-refractivity contribution >= 4 is 11.2 Å². The summed E-state index contributed by atoms with van der Waals surface area (Å²) in [4.78, 5) is 20.2. The summed E-state index contributed by atoms with van der Waals surface area (Å²) in [6.07, 6.45) is 12.2. The fraction of sp³-hybridized carbons (Fsp3) is 0.667. The molecule has 3 aromatic rings. The van der Waals surface area contributed by atoms with Gasteiger partial charge in [0.25, 0.3) is 0 Å². The topological polar surface area (TPSA) is 78.6 Å². The second-order valence-electron chi connectivity index (χ2n) is 11.9. The molecule has 2 bridgehead atoms. The van der Waals surface area contributed by atoms with Gasteiger partial charge in [0, 0.05) is 29.7 Å². The van der Waals surface area contributed by atoms with E-state index < -0.39 is 0 Å². The highest BCUT2D eigenvalue weighted by Crippen LogP contribution is 2.76. The van der Waals surface area contributed by atoms with E-state index in [4.69, 9.17) is 24.7 Å². The summed E-state index contributed by atoms with van der Waals surface area (Å²) in [5.41, 5.74) is 6.67. The fourth-order valence-corrected chi connectivity index (χ4v) is 6.73. The Morgan fingerprint density at radius 1 is 1.00 bits per heavy atom. The highest BCUT2D eigenvalue weighted by molar-refractivity contribution is 5.75. The maximum absolute atomic E-state index is 6.19. The van der Waals surface area contributed by atoms with Crippen molar-refractivity contribution in [2.24, 2.45) is 11.3 Å². The van der Waals surface area contributed by atoms with Crippen molar-refractivity contribution in [3.05, 3.63) is 40.9 Å². The fourth-order valence-electron chi connectivity index (χ4n) is 6.73. The van der Waals surface area contributed by atoms with Gasteiger partial charge in [-0.25, -0.2) is 19.9 Å². The Kier molecular flexibility index (Phi) is 4.34. The summed E-state index contributed by atoms with van der Waals surface area (Å²) >= 11 is 0. The summed E-state index contributed by atoms with van der Waals surface area (Å²) in [5, 5.41) is 4.59. The van der Waals surface area contributed by atoms with E-state index in [1.54, 1.807) is 0 Å². The minimum atomic E-state index is 0.0546. The van der Waals surface area contributed by atoms with Crippen molar-refractivity contribution in [3.8, 4) is 0 Å². The number of aromatic nitrogens is 6. The molecule has 5 aliphatic rings. The Hall–Kier alpha value is -2.41.